The number of aryl methyl sites for hydroxylation is 2. The summed E-state index contributed by atoms with van der Waals surface area (Å²) in [6, 6.07) is 17.2. The summed E-state index contributed by atoms with van der Waals surface area (Å²) in [7, 11) is 0. The highest BCUT2D eigenvalue weighted by atomic mass is 14.1. The van der Waals surface area contributed by atoms with Gasteiger partial charge in [0.05, 0.1) is 0 Å². The highest BCUT2D eigenvalue weighted by Crippen LogP contribution is 2.16. The third-order valence-electron chi connectivity index (χ3n) is 2.90. The third kappa shape index (κ3) is 2.76. The van der Waals surface area contributed by atoms with Crippen molar-refractivity contribution in [3.05, 3.63) is 70.8 Å². The molecule has 0 aliphatic heterocycles. The van der Waals surface area contributed by atoms with Crippen LogP contribution in [0, 0.1) is 13.8 Å². The van der Waals surface area contributed by atoms with Gasteiger partial charge in [-0.3, -0.25) is 0 Å². The fourth-order valence-electron chi connectivity index (χ4n) is 1.82. The lowest BCUT2D eigenvalue weighted by atomic mass is 9.98. The van der Waals surface area contributed by atoms with Crippen molar-refractivity contribution in [1.82, 2.24) is 0 Å². The summed E-state index contributed by atoms with van der Waals surface area (Å²) in [5.41, 5.74) is 5.60. The van der Waals surface area contributed by atoms with E-state index in [1.54, 1.807) is 0 Å². The van der Waals surface area contributed by atoms with Crippen LogP contribution < -0.4 is 0 Å². The van der Waals surface area contributed by atoms with E-state index < -0.39 is 0 Å². The van der Waals surface area contributed by atoms with E-state index in [9.17, 15) is 0 Å². The zero-order chi connectivity index (χ0) is 10.7. The van der Waals surface area contributed by atoms with Gasteiger partial charge in [0, 0.05) is 8.41 Å². The molecule has 0 spiro atoms. The molecule has 0 saturated carbocycles. The standard InChI is InChI=1S/C15H16.B/c1-12-7-3-5-9-14(12)11-15-10-6-4-8-13(15)2;/h3-10H,11H2,1-2H3;. The molecule has 0 aromatic heterocycles. The van der Waals surface area contributed by atoms with Gasteiger partial charge in [0.15, 0.2) is 0 Å². The lowest BCUT2D eigenvalue weighted by molar-refractivity contribution is 1.13. The first-order chi connectivity index (χ1) is 7.27. The minimum atomic E-state index is 0. The van der Waals surface area contributed by atoms with Crippen LogP contribution in [-0.4, -0.2) is 8.41 Å². The molecule has 0 aliphatic carbocycles. The van der Waals surface area contributed by atoms with Crippen LogP contribution in [0.15, 0.2) is 48.5 Å². The first-order valence-corrected chi connectivity index (χ1v) is 5.36. The molecular formula is C15H16B. The average molecular weight is 207 g/mol. The lowest BCUT2D eigenvalue weighted by Gasteiger charge is -2.07. The SMILES string of the molecule is Cc1ccccc1Cc1ccccc1C.[B]. The summed E-state index contributed by atoms with van der Waals surface area (Å²) >= 11 is 0. The molecular weight excluding hydrogens is 191 g/mol. The molecule has 0 fully saturated rings. The Kier molecular flexibility index (Phi) is 4.36. The Bertz CT molecular complexity index is 417. The zero-order valence-corrected chi connectivity index (χ0v) is 9.90. The first-order valence-electron chi connectivity index (χ1n) is 5.36. The lowest BCUT2D eigenvalue weighted by Crippen LogP contribution is -1.93. The number of hydrogen-bond acceptors (Lipinski definition) is 0. The number of benzene rings is 2. The molecule has 0 heterocycles. The van der Waals surface area contributed by atoms with E-state index >= 15 is 0 Å². The van der Waals surface area contributed by atoms with Gasteiger partial charge in [-0.1, -0.05) is 48.5 Å². The van der Waals surface area contributed by atoms with Gasteiger partial charge in [-0.15, -0.1) is 0 Å². The summed E-state index contributed by atoms with van der Waals surface area (Å²) < 4.78 is 0. The van der Waals surface area contributed by atoms with Gasteiger partial charge in [0.2, 0.25) is 0 Å². The topological polar surface area (TPSA) is 0 Å². The number of rotatable bonds is 2. The molecule has 2 aromatic carbocycles. The predicted octanol–water partition coefficient (Wildman–Crippen LogP) is 3.51. The normalized spacial score (nSPS) is 9.62. The van der Waals surface area contributed by atoms with Crippen molar-refractivity contribution >= 4 is 8.41 Å². The molecule has 0 saturated heterocycles. The van der Waals surface area contributed by atoms with E-state index in [2.05, 4.69) is 62.4 Å². The van der Waals surface area contributed by atoms with E-state index in [4.69, 9.17) is 0 Å². The third-order valence-corrected chi connectivity index (χ3v) is 2.90. The van der Waals surface area contributed by atoms with Crippen molar-refractivity contribution in [3.63, 3.8) is 0 Å². The second kappa shape index (κ2) is 5.55. The quantitative estimate of drug-likeness (QED) is 0.661. The Balaban J connectivity index is 0.00000128. The van der Waals surface area contributed by atoms with E-state index in [-0.39, 0.29) is 8.41 Å². The average Bonchev–Trinajstić information content (AvgIpc) is 2.24. The highest BCUT2D eigenvalue weighted by molar-refractivity contribution is 5.75. The monoisotopic (exact) mass is 207 g/mol. The zero-order valence-electron chi connectivity index (χ0n) is 9.90. The molecule has 79 valence electrons. The minimum absolute atomic E-state index is 0. The summed E-state index contributed by atoms with van der Waals surface area (Å²) in [6.07, 6.45) is 1.04. The van der Waals surface area contributed by atoms with Gasteiger partial charge >= 0.3 is 0 Å². The van der Waals surface area contributed by atoms with Crippen LogP contribution in [0.2, 0.25) is 0 Å². The number of hydrogen-bond donors (Lipinski definition) is 0. The summed E-state index contributed by atoms with van der Waals surface area (Å²) in [6.45, 7) is 4.35. The largest absolute Gasteiger partial charge is 0.0620 e. The van der Waals surface area contributed by atoms with Crippen molar-refractivity contribution in [2.24, 2.45) is 0 Å². The van der Waals surface area contributed by atoms with Gasteiger partial charge in [-0.25, -0.2) is 0 Å². The molecule has 0 atom stereocenters. The van der Waals surface area contributed by atoms with Gasteiger partial charge in [0.25, 0.3) is 0 Å². The molecule has 0 unspecified atom stereocenters. The van der Waals surface area contributed by atoms with Gasteiger partial charge in [-0.05, 0) is 42.5 Å². The minimum Gasteiger partial charge on any atom is -0.0620 e. The molecule has 16 heavy (non-hydrogen) atoms. The molecule has 0 bridgehead atoms. The second-order valence-electron chi connectivity index (χ2n) is 4.03. The molecule has 0 aliphatic rings. The fourth-order valence-corrected chi connectivity index (χ4v) is 1.82. The van der Waals surface area contributed by atoms with E-state index in [1.165, 1.54) is 22.3 Å². The summed E-state index contributed by atoms with van der Waals surface area (Å²) in [4.78, 5) is 0. The molecule has 3 radical (unpaired) electrons. The van der Waals surface area contributed by atoms with Crippen molar-refractivity contribution in [3.8, 4) is 0 Å². The van der Waals surface area contributed by atoms with E-state index in [0.29, 0.717) is 0 Å². The van der Waals surface area contributed by atoms with Gasteiger partial charge in [0.1, 0.15) is 0 Å². The maximum atomic E-state index is 2.21. The van der Waals surface area contributed by atoms with Crippen LogP contribution >= 0.6 is 0 Å². The molecule has 0 amide bonds. The van der Waals surface area contributed by atoms with Crippen molar-refractivity contribution in [2.75, 3.05) is 0 Å². The molecule has 1 heteroatoms. The fraction of sp³-hybridized carbons (Fsp3) is 0.200. The Labute approximate surface area is 99.9 Å². The van der Waals surface area contributed by atoms with Crippen LogP contribution in [0.5, 0.6) is 0 Å². The van der Waals surface area contributed by atoms with Crippen LogP contribution in [-0.2, 0) is 6.42 Å². The van der Waals surface area contributed by atoms with Gasteiger partial charge in [-0.2, -0.15) is 0 Å². The maximum absolute atomic E-state index is 2.21. The summed E-state index contributed by atoms with van der Waals surface area (Å²) in [5.74, 6) is 0. The first kappa shape index (κ1) is 12.6. The molecule has 0 N–H and O–H groups in total. The molecule has 2 rings (SSSR count). The second-order valence-corrected chi connectivity index (χ2v) is 4.03. The van der Waals surface area contributed by atoms with Crippen molar-refractivity contribution in [2.45, 2.75) is 20.3 Å². The maximum Gasteiger partial charge on any atom is 0 e. The van der Waals surface area contributed by atoms with Crippen molar-refractivity contribution in [1.29, 1.82) is 0 Å². The Morgan fingerprint density at radius 2 is 1.06 bits per heavy atom. The predicted molar refractivity (Wildman–Crippen MR) is 70.9 cm³/mol. The Morgan fingerprint density at radius 3 is 1.44 bits per heavy atom. The molecule has 0 nitrogen and oxygen atoms in total. The highest BCUT2D eigenvalue weighted by Gasteiger charge is 2.01. The van der Waals surface area contributed by atoms with Crippen LogP contribution in [0.4, 0.5) is 0 Å². The van der Waals surface area contributed by atoms with Gasteiger partial charge < -0.3 is 0 Å². The van der Waals surface area contributed by atoms with Crippen LogP contribution in [0.25, 0.3) is 0 Å². The van der Waals surface area contributed by atoms with Crippen LogP contribution in [0.1, 0.15) is 22.3 Å². The van der Waals surface area contributed by atoms with Crippen LogP contribution in [0.3, 0.4) is 0 Å². The molecule has 2 aromatic rings. The Hall–Kier alpha value is -1.50. The van der Waals surface area contributed by atoms with E-state index in [0.717, 1.165) is 6.42 Å². The van der Waals surface area contributed by atoms with Crippen molar-refractivity contribution < 1.29 is 0 Å². The van der Waals surface area contributed by atoms with E-state index in [1.807, 2.05) is 0 Å². The smallest absolute Gasteiger partial charge is 0 e. The summed E-state index contributed by atoms with van der Waals surface area (Å²) in [5, 5.41) is 0. The Morgan fingerprint density at radius 1 is 0.688 bits per heavy atom.